The first kappa shape index (κ1) is 7.82. The predicted octanol–water partition coefficient (Wildman–Crippen LogP) is 1.38. The summed E-state index contributed by atoms with van der Waals surface area (Å²) in [5.41, 5.74) is 4.74. The second-order valence-corrected chi connectivity index (χ2v) is 1.81. The quantitative estimate of drug-likeness (QED) is 0.602. The summed E-state index contributed by atoms with van der Waals surface area (Å²) in [4.78, 5) is 0. The highest BCUT2D eigenvalue weighted by Crippen LogP contribution is 2.17. The number of alkyl halides is 2. The highest BCUT2D eigenvalue weighted by atomic mass is 19.3. The lowest BCUT2D eigenvalue weighted by atomic mass is 10.2. The van der Waals surface area contributed by atoms with Crippen LogP contribution in [0, 0.1) is 0 Å². The SMILES string of the molecule is CCCC(F)(F)CN. The molecular formula is C5H11F2N. The average molecular weight is 123 g/mol. The third kappa shape index (κ3) is 2.91. The normalized spacial score (nSPS) is 12.0. The van der Waals surface area contributed by atoms with Gasteiger partial charge in [-0.3, -0.25) is 0 Å². The Labute approximate surface area is 47.9 Å². The van der Waals surface area contributed by atoms with Gasteiger partial charge in [0.15, 0.2) is 0 Å². The third-order valence-corrected chi connectivity index (χ3v) is 0.914. The number of rotatable bonds is 3. The Morgan fingerprint density at radius 3 is 2.12 bits per heavy atom. The van der Waals surface area contributed by atoms with Crippen molar-refractivity contribution in [2.45, 2.75) is 25.7 Å². The van der Waals surface area contributed by atoms with Gasteiger partial charge in [-0.05, 0) is 0 Å². The molecule has 0 radical (unpaired) electrons. The molecular weight excluding hydrogens is 112 g/mol. The Morgan fingerprint density at radius 2 is 2.00 bits per heavy atom. The van der Waals surface area contributed by atoms with Crippen LogP contribution in [0.3, 0.4) is 0 Å². The van der Waals surface area contributed by atoms with Gasteiger partial charge in [-0.25, -0.2) is 8.78 Å². The minimum Gasteiger partial charge on any atom is -0.325 e. The van der Waals surface area contributed by atoms with E-state index in [0.29, 0.717) is 6.42 Å². The van der Waals surface area contributed by atoms with E-state index in [0.717, 1.165) is 0 Å². The van der Waals surface area contributed by atoms with Crippen molar-refractivity contribution in [1.29, 1.82) is 0 Å². The summed E-state index contributed by atoms with van der Waals surface area (Å²) >= 11 is 0. The Hall–Kier alpha value is -0.180. The molecule has 0 aliphatic carbocycles. The van der Waals surface area contributed by atoms with Crippen LogP contribution in [-0.2, 0) is 0 Å². The first-order valence-corrected chi connectivity index (χ1v) is 2.70. The van der Waals surface area contributed by atoms with Crippen LogP contribution in [0.1, 0.15) is 19.8 Å². The summed E-state index contributed by atoms with van der Waals surface area (Å²) in [5.74, 6) is -2.63. The second-order valence-electron chi connectivity index (χ2n) is 1.81. The summed E-state index contributed by atoms with van der Waals surface area (Å²) in [6, 6.07) is 0. The maximum atomic E-state index is 12.0. The van der Waals surface area contributed by atoms with Crippen LogP contribution in [0.2, 0.25) is 0 Å². The van der Waals surface area contributed by atoms with Crippen molar-refractivity contribution in [2.75, 3.05) is 6.54 Å². The summed E-state index contributed by atoms with van der Waals surface area (Å²) in [7, 11) is 0. The number of hydrogen-bond acceptors (Lipinski definition) is 1. The summed E-state index contributed by atoms with van der Waals surface area (Å²) in [5, 5.41) is 0. The summed E-state index contributed by atoms with van der Waals surface area (Å²) in [6.45, 7) is 1.18. The molecule has 0 aliphatic heterocycles. The molecule has 2 N–H and O–H groups in total. The Morgan fingerprint density at radius 1 is 1.50 bits per heavy atom. The van der Waals surface area contributed by atoms with Crippen LogP contribution in [0.15, 0.2) is 0 Å². The molecule has 1 nitrogen and oxygen atoms in total. The average Bonchev–Trinajstić information content (AvgIpc) is 1.67. The lowest BCUT2D eigenvalue weighted by Gasteiger charge is -2.10. The fourth-order valence-electron chi connectivity index (χ4n) is 0.468. The van der Waals surface area contributed by atoms with Crippen molar-refractivity contribution < 1.29 is 8.78 Å². The van der Waals surface area contributed by atoms with Gasteiger partial charge in [0.2, 0.25) is 0 Å². The third-order valence-electron chi connectivity index (χ3n) is 0.914. The molecule has 0 unspecified atom stereocenters. The van der Waals surface area contributed by atoms with Crippen molar-refractivity contribution in [1.82, 2.24) is 0 Å². The van der Waals surface area contributed by atoms with E-state index < -0.39 is 12.5 Å². The molecule has 0 aromatic carbocycles. The van der Waals surface area contributed by atoms with Gasteiger partial charge in [0.25, 0.3) is 5.92 Å². The fraction of sp³-hybridized carbons (Fsp3) is 1.00. The van der Waals surface area contributed by atoms with Gasteiger partial charge in [0.1, 0.15) is 0 Å². The molecule has 3 heteroatoms. The highest BCUT2D eigenvalue weighted by Gasteiger charge is 2.24. The second kappa shape index (κ2) is 2.97. The van der Waals surface area contributed by atoms with Gasteiger partial charge >= 0.3 is 0 Å². The van der Waals surface area contributed by atoms with Gasteiger partial charge in [-0.1, -0.05) is 13.3 Å². The topological polar surface area (TPSA) is 26.0 Å². The summed E-state index contributed by atoms with van der Waals surface area (Å²) < 4.78 is 24.1. The van der Waals surface area contributed by atoms with E-state index in [9.17, 15) is 8.78 Å². The molecule has 0 aromatic rings. The lowest BCUT2D eigenvalue weighted by molar-refractivity contribution is 0.00149. The van der Waals surface area contributed by atoms with E-state index in [2.05, 4.69) is 0 Å². The molecule has 0 saturated heterocycles. The minimum atomic E-state index is -2.63. The smallest absolute Gasteiger partial charge is 0.260 e. The largest absolute Gasteiger partial charge is 0.325 e. The van der Waals surface area contributed by atoms with Crippen molar-refractivity contribution in [3.63, 3.8) is 0 Å². The molecule has 0 amide bonds. The number of halogens is 2. The van der Waals surface area contributed by atoms with Crippen LogP contribution < -0.4 is 5.73 Å². The van der Waals surface area contributed by atoms with Gasteiger partial charge in [0, 0.05) is 6.42 Å². The first-order valence-electron chi connectivity index (χ1n) is 2.70. The first-order chi connectivity index (χ1) is 3.62. The Balaban J connectivity index is 3.37. The van der Waals surface area contributed by atoms with Gasteiger partial charge in [-0.2, -0.15) is 0 Å². The van der Waals surface area contributed by atoms with E-state index in [1.165, 1.54) is 0 Å². The molecule has 0 aromatic heterocycles. The molecule has 0 heterocycles. The molecule has 8 heavy (non-hydrogen) atoms. The van der Waals surface area contributed by atoms with Crippen LogP contribution in [0.5, 0.6) is 0 Å². The van der Waals surface area contributed by atoms with E-state index >= 15 is 0 Å². The fourth-order valence-corrected chi connectivity index (χ4v) is 0.468. The molecule has 50 valence electrons. The van der Waals surface area contributed by atoms with Crippen LogP contribution in [0.4, 0.5) is 8.78 Å². The van der Waals surface area contributed by atoms with E-state index in [4.69, 9.17) is 5.73 Å². The molecule has 0 atom stereocenters. The van der Waals surface area contributed by atoms with Crippen molar-refractivity contribution >= 4 is 0 Å². The van der Waals surface area contributed by atoms with Crippen LogP contribution >= 0.6 is 0 Å². The zero-order valence-electron chi connectivity index (χ0n) is 4.95. The van der Waals surface area contributed by atoms with E-state index in [1.807, 2.05) is 0 Å². The van der Waals surface area contributed by atoms with Crippen molar-refractivity contribution in [3.8, 4) is 0 Å². The molecule has 0 saturated carbocycles. The van der Waals surface area contributed by atoms with Gasteiger partial charge < -0.3 is 5.73 Å². The summed E-state index contributed by atoms with van der Waals surface area (Å²) in [6.07, 6.45) is 0.397. The Bertz CT molecular complexity index is 63.4. The molecule has 0 rings (SSSR count). The van der Waals surface area contributed by atoms with E-state index in [1.54, 1.807) is 6.92 Å². The highest BCUT2D eigenvalue weighted by molar-refractivity contribution is 4.64. The van der Waals surface area contributed by atoms with E-state index in [-0.39, 0.29) is 6.42 Å². The number of hydrogen-bond donors (Lipinski definition) is 1. The minimum absolute atomic E-state index is 0.0938. The standard InChI is InChI=1S/C5H11F2N/c1-2-3-5(6,7)4-8/h2-4,8H2,1H3. The number of nitrogens with two attached hydrogens (primary N) is 1. The lowest BCUT2D eigenvalue weighted by Crippen LogP contribution is -2.27. The maximum Gasteiger partial charge on any atom is 0.260 e. The predicted molar refractivity (Wildman–Crippen MR) is 28.9 cm³/mol. The molecule has 0 fully saturated rings. The van der Waals surface area contributed by atoms with Crippen molar-refractivity contribution in [2.24, 2.45) is 5.73 Å². The van der Waals surface area contributed by atoms with Gasteiger partial charge in [0.05, 0.1) is 6.54 Å². The maximum absolute atomic E-state index is 12.0. The monoisotopic (exact) mass is 123 g/mol. The Kier molecular flexibility index (Phi) is 2.90. The van der Waals surface area contributed by atoms with Crippen molar-refractivity contribution in [3.05, 3.63) is 0 Å². The van der Waals surface area contributed by atoms with Crippen LogP contribution in [-0.4, -0.2) is 12.5 Å². The molecule has 0 aliphatic rings. The molecule has 0 spiro atoms. The zero-order chi connectivity index (χ0) is 6.62. The molecule has 0 bridgehead atoms. The van der Waals surface area contributed by atoms with Crippen LogP contribution in [0.25, 0.3) is 0 Å². The zero-order valence-corrected chi connectivity index (χ0v) is 4.95. The van der Waals surface area contributed by atoms with Gasteiger partial charge in [-0.15, -0.1) is 0 Å².